The summed E-state index contributed by atoms with van der Waals surface area (Å²) in [7, 11) is 0. The largest absolute Gasteiger partial charge is 0.481 e. The van der Waals surface area contributed by atoms with Crippen molar-refractivity contribution in [2.75, 3.05) is 19.7 Å². The molecular formula is C24H23F3N2O5. The Hall–Kier alpha value is -3.82. The Morgan fingerprint density at radius 3 is 2.15 bits per heavy atom. The number of carboxylic acids is 1. The van der Waals surface area contributed by atoms with Crippen LogP contribution in [0.25, 0.3) is 11.1 Å². The van der Waals surface area contributed by atoms with Crippen molar-refractivity contribution < 1.29 is 37.4 Å². The van der Waals surface area contributed by atoms with Crippen LogP contribution in [-0.4, -0.2) is 59.9 Å². The Balaban J connectivity index is 1.71. The molecule has 0 fully saturated rings. The molecule has 2 aromatic rings. The minimum atomic E-state index is -4.71. The first kappa shape index (κ1) is 24.8. The molecule has 0 heterocycles. The average molecular weight is 476 g/mol. The van der Waals surface area contributed by atoms with Gasteiger partial charge in [-0.05, 0) is 22.3 Å². The summed E-state index contributed by atoms with van der Waals surface area (Å²) in [6.45, 7) is 1.13. The Morgan fingerprint density at radius 2 is 1.65 bits per heavy atom. The van der Waals surface area contributed by atoms with Crippen molar-refractivity contribution in [3.8, 4) is 11.1 Å². The third kappa shape index (κ3) is 5.94. The van der Waals surface area contributed by atoms with Crippen molar-refractivity contribution in [3.05, 3.63) is 72.3 Å². The van der Waals surface area contributed by atoms with Crippen LogP contribution in [0.4, 0.5) is 18.0 Å². The van der Waals surface area contributed by atoms with Gasteiger partial charge in [0.2, 0.25) is 5.91 Å². The minimum absolute atomic E-state index is 0.104. The number of nitrogens with zero attached hydrogens (tertiary/aromatic N) is 1. The molecule has 0 saturated carbocycles. The summed E-state index contributed by atoms with van der Waals surface area (Å²) in [6.07, 6.45) is -5.65. The molecule has 0 bridgehead atoms. The maximum Gasteiger partial charge on any atom is 0.407 e. The van der Waals surface area contributed by atoms with Crippen molar-refractivity contribution in [1.29, 1.82) is 0 Å². The molecule has 0 radical (unpaired) electrons. The van der Waals surface area contributed by atoms with Gasteiger partial charge in [0.05, 0.1) is 6.42 Å². The maximum atomic E-state index is 12.9. The Morgan fingerprint density at radius 1 is 1.09 bits per heavy atom. The molecule has 34 heavy (non-hydrogen) atoms. The van der Waals surface area contributed by atoms with Gasteiger partial charge in [-0.3, -0.25) is 9.59 Å². The van der Waals surface area contributed by atoms with Gasteiger partial charge in [0.25, 0.3) is 0 Å². The van der Waals surface area contributed by atoms with Crippen LogP contribution in [0.2, 0.25) is 0 Å². The maximum absolute atomic E-state index is 12.9. The summed E-state index contributed by atoms with van der Waals surface area (Å²) in [5, 5.41) is 11.2. The number of hydrogen-bond acceptors (Lipinski definition) is 4. The Labute approximate surface area is 193 Å². The smallest absolute Gasteiger partial charge is 0.407 e. The highest BCUT2D eigenvalue weighted by atomic mass is 19.4. The summed E-state index contributed by atoms with van der Waals surface area (Å²) in [4.78, 5) is 36.6. The molecule has 180 valence electrons. The van der Waals surface area contributed by atoms with Gasteiger partial charge in [-0.15, -0.1) is 6.58 Å². The number of ether oxygens (including phenoxy) is 1. The lowest BCUT2D eigenvalue weighted by molar-refractivity contribution is -0.162. The van der Waals surface area contributed by atoms with Crippen molar-refractivity contribution in [2.24, 2.45) is 0 Å². The van der Waals surface area contributed by atoms with Crippen LogP contribution in [0.15, 0.2) is 61.2 Å². The fourth-order valence-electron chi connectivity index (χ4n) is 3.98. The molecule has 1 unspecified atom stereocenters. The van der Waals surface area contributed by atoms with Gasteiger partial charge >= 0.3 is 18.2 Å². The molecule has 10 heteroatoms. The number of aliphatic carboxylic acids is 1. The van der Waals surface area contributed by atoms with E-state index >= 15 is 0 Å². The van der Waals surface area contributed by atoms with Crippen molar-refractivity contribution in [1.82, 2.24) is 10.2 Å². The topological polar surface area (TPSA) is 95.9 Å². The molecule has 0 saturated heterocycles. The van der Waals surface area contributed by atoms with Crippen LogP contribution in [0, 0.1) is 0 Å². The van der Waals surface area contributed by atoms with Gasteiger partial charge in [0.15, 0.2) is 0 Å². The fraction of sp³-hybridized carbons (Fsp3) is 0.292. The number of alkyl carbamates (subject to hydrolysis) is 1. The lowest BCUT2D eigenvalue weighted by Crippen LogP contribution is -2.51. The Bertz CT molecular complexity index is 1040. The third-order valence-electron chi connectivity index (χ3n) is 5.34. The number of hydrogen-bond donors (Lipinski definition) is 2. The van der Waals surface area contributed by atoms with Gasteiger partial charge in [0.1, 0.15) is 19.2 Å². The van der Waals surface area contributed by atoms with E-state index in [2.05, 4.69) is 11.9 Å². The number of benzene rings is 2. The highest BCUT2D eigenvalue weighted by Gasteiger charge is 2.36. The second-order valence-electron chi connectivity index (χ2n) is 7.74. The molecule has 0 aliphatic heterocycles. The minimum Gasteiger partial charge on any atom is -0.481 e. The van der Waals surface area contributed by atoms with E-state index in [-0.39, 0.29) is 12.5 Å². The summed E-state index contributed by atoms with van der Waals surface area (Å²) >= 11 is 0. The van der Waals surface area contributed by atoms with E-state index in [9.17, 15) is 27.6 Å². The number of carbonyl (C=O) groups excluding carboxylic acids is 2. The first-order valence-corrected chi connectivity index (χ1v) is 10.4. The average Bonchev–Trinajstić information content (AvgIpc) is 3.09. The quantitative estimate of drug-likeness (QED) is 0.535. The molecule has 3 rings (SSSR count). The first-order valence-electron chi connectivity index (χ1n) is 10.4. The number of carboxylic acid groups (broad SMARTS) is 1. The van der Waals surface area contributed by atoms with E-state index in [4.69, 9.17) is 9.84 Å². The molecule has 1 aliphatic rings. The van der Waals surface area contributed by atoms with Crippen LogP contribution >= 0.6 is 0 Å². The van der Waals surface area contributed by atoms with E-state index in [0.717, 1.165) is 28.3 Å². The first-order chi connectivity index (χ1) is 16.1. The number of fused-ring (bicyclic) bond motifs is 3. The number of halogens is 3. The standard InChI is InChI=1S/C24H23F3N2O5/c1-2-11-29(14-24(25,26)27)22(32)20(12-21(30)31)28-23(33)34-13-19-17-9-5-3-7-15(17)16-8-4-6-10-18(16)19/h2-10,19-20H,1,11-14H2,(H,28,33)(H,30,31). The number of amides is 2. The highest BCUT2D eigenvalue weighted by molar-refractivity contribution is 5.89. The zero-order valence-corrected chi connectivity index (χ0v) is 18.0. The second-order valence-corrected chi connectivity index (χ2v) is 7.74. The normalized spacial score (nSPS) is 13.4. The van der Waals surface area contributed by atoms with Crippen LogP contribution in [0.1, 0.15) is 23.5 Å². The van der Waals surface area contributed by atoms with Gasteiger partial charge in [-0.2, -0.15) is 13.2 Å². The number of rotatable bonds is 9. The zero-order chi connectivity index (χ0) is 24.9. The lowest BCUT2D eigenvalue weighted by Gasteiger charge is -2.27. The molecule has 2 aromatic carbocycles. The van der Waals surface area contributed by atoms with Gasteiger partial charge in [-0.1, -0.05) is 54.6 Å². The SMILES string of the molecule is C=CCN(CC(F)(F)F)C(=O)C(CC(=O)O)NC(=O)OCC1c2ccccc2-c2ccccc21. The summed E-state index contributed by atoms with van der Waals surface area (Å²) in [5.41, 5.74) is 3.88. The summed E-state index contributed by atoms with van der Waals surface area (Å²) in [5.74, 6) is -2.95. The molecule has 2 amide bonds. The summed E-state index contributed by atoms with van der Waals surface area (Å²) < 4.78 is 43.9. The zero-order valence-electron chi connectivity index (χ0n) is 18.0. The van der Waals surface area contributed by atoms with Gasteiger partial charge in [0, 0.05) is 12.5 Å². The molecule has 0 spiro atoms. The molecule has 7 nitrogen and oxygen atoms in total. The number of nitrogens with one attached hydrogen (secondary N) is 1. The monoisotopic (exact) mass is 476 g/mol. The van der Waals surface area contributed by atoms with E-state index in [1.54, 1.807) is 0 Å². The van der Waals surface area contributed by atoms with E-state index in [1.165, 1.54) is 0 Å². The van der Waals surface area contributed by atoms with Gasteiger partial charge in [-0.25, -0.2) is 4.79 Å². The van der Waals surface area contributed by atoms with E-state index in [1.807, 2.05) is 48.5 Å². The van der Waals surface area contributed by atoms with Gasteiger partial charge < -0.3 is 20.1 Å². The molecule has 0 aromatic heterocycles. The van der Waals surface area contributed by atoms with Crippen molar-refractivity contribution in [2.45, 2.75) is 24.6 Å². The number of carbonyl (C=O) groups is 3. The lowest BCUT2D eigenvalue weighted by atomic mass is 9.98. The second kappa shape index (κ2) is 10.4. The summed E-state index contributed by atoms with van der Waals surface area (Å²) in [6, 6.07) is 13.5. The third-order valence-corrected chi connectivity index (χ3v) is 5.34. The van der Waals surface area contributed by atoms with Crippen LogP contribution in [0.5, 0.6) is 0 Å². The van der Waals surface area contributed by atoms with E-state index in [0.29, 0.717) is 4.90 Å². The predicted molar refractivity (Wildman–Crippen MR) is 117 cm³/mol. The van der Waals surface area contributed by atoms with Crippen LogP contribution in [0.3, 0.4) is 0 Å². The predicted octanol–water partition coefficient (Wildman–Crippen LogP) is 3.95. The van der Waals surface area contributed by atoms with Crippen molar-refractivity contribution >= 4 is 18.0 Å². The Kier molecular flexibility index (Phi) is 7.60. The van der Waals surface area contributed by atoms with Crippen molar-refractivity contribution in [3.63, 3.8) is 0 Å². The van der Waals surface area contributed by atoms with Crippen LogP contribution < -0.4 is 5.32 Å². The molecular weight excluding hydrogens is 453 g/mol. The number of alkyl halides is 3. The van der Waals surface area contributed by atoms with E-state index < -0.39 is 49.7 Å². The van der Waals surface area contributed by atoms with Crippen LogP contribution in [-0.2, 0) is 14.3 Å². The molecule has 1 aliphatic carbocycles. The molecule has 2 N–H and O–H groups in total. The molecule has 1 atom stereocenters. The highest BCUT2D eigenvalue weighted by Crippen LogP contribution is 2.44. The fourth-order valence-corrected chi connectivity index (χ4v) is 3.98.